The summed E-state index contributed by atoms with van der Waals surface area (Å²) >= 11 is 0. The third-order valence-corrected chi connectivity index (χ3v) is 5.75. The average molecular weight is 530 g/mol. The molecule has 0 unspecified atom stereocenters. The number of Topliss-reactive ketones (excluding diaryl/α,β-unsaturated/α-hetero) is 1. The Labute approximate surface area is 215 Å². The maximum Gasteiger partial charge on any atom is 0.416 e. The fourth-order valence-electron chi connectivity index (χ4n) is 3.85. The van der Waals surface area contributed by atoms with Gasteiger partial charge in [-0.3, -0.25) is 19.2 Å². The number of alkyl halides is 3. The number of amides is 3. The summed E-state index contributed by atoms with van der Waals surface area (Å²) in [6.45, 7) is 1.24. The molecular weight excluding hydrogens is 503 g/mol. The number of hydrogen-bond donors (Lipinski definition) is 5. The highest BCUT2D eigenvalue weighted by Gasteiger charge is 2.31. The predicted molar refractivity (Wildman–Crippen MR) is 135 cm³/mol. The smallest absolute Gasteiger partial charge is 0.361 e. The molecule has 38 heavy (non-hydrogen) atoms. The van der Waals surface area contributed by atoms with Crippen molar-refractivity contribution in [3.05, 3.63) is 65.9 Å². The molecule has 3 aromatic rings. The lowest BCUT2D eigenvalue weighted by Crippen LogP contribution is -2.53. The first kappa shape index (κ1) is 28.1. The summed E-state index contributed by atoms with van der Waals surface area (Å²) in [6.07, 6.45) is -2.56. The van der Waals surface area contributed by atoms with Crippen molar-refractivity contribution in [3.63, 3.8) is 0 Å². The van der Waals surface area contributed by atoms with E-state index in [0.717, 1.165) is 40.7 Å². The van der Waals surface area contributed by atoms with Crippen LogP contribution < -0.4 is 16.0 Å². The van der Waals surface area contributed by atoms with Gasteiger partial charge in [0.05, 0.1) is 11.8 Å². The van der Waals surface area contributed by atoms with E-state index in [1.54, 1.807) is 6.20 Å². The van der Waals surface area contributed by atoms with Gasteiger partial charge < -0.3 is 26.3 Å². The Balaban J connectivity index is 1.78. The lowest BCUT2D eigenvalue weighted by Gasteiger charge is -2.23. The number of benzene rings is 2. The van der Waals surface area contributed by atoms with Crippen LogP contribution in [0.3, 0.4) is 0 Å². The molecule has 9 nitrogen and oxygen atoms in total. The van der Waals surface area contributed by atoms with Gasteiger partial charge in [-0.25, -0.2) is 0 Å². The molecule has 0 fully saturated rings. The van der Waals surface area contributed by atoms with Gasteiger partial charge in [-0.05, 0) is 42.3 Å². The number of anilines is 1. The highest BCUT2D eigenvalue weighted by Crippen LogP contribution is 2.29. The van der Waals surface area contributed by atoms with Crippen LogP contribution in [0.15, 0.2) is 54.7 Å². The lowest BCUT2D eigenvalue weighted by atomic mass is 10.0. The van der Waals surface area contributed by atoms with E-state index in [1.165, 1.54) is 6.92 Å². The number of carbonyl (C=O) groups is 4. The van der Waals surface area contributed by atoms with Gasteiger partial charge in [0.1, 0.15) is 12.1 Å². The summed E-state index contributed by atoms with van der Waals surface area (Å²) in [4.78, 5) is 52.8. The van der Waals surface area contributed by atoms with Crippen molar-refractivity contribution in [2.45, 2.75) is 44.4 Å². The minimum absolute atomic E-state index is 0.0535. The molecule has 1 aromatic heterocycles. The average Bonchev–Trinajstić information content (AvgIpc) is 3.28. The zero-order valence-electron chi connectivity index (χ0n) is 20.3. The first-order chi connectivity index (χ1) is 18.0. The summed E-state index contributed by atoms with van der Waals surface area (Å²) in [5.41, 5.74) is 0.743. The number of aromatic nitrogens is 1. The van der Waals surface area contributed by atoms with Crippen LogP contribution in [0, 0.1) is 5.41 Å². The van der Waals surface area contributed by atoms with Crippen molar-refractivity contribution in [2.75, 3.05) is 5.32 Å². The number of carbonyl (C=O) groups excluding carboxylic acids is 4. The van der Waals surface area contributed by atoms with Crippen molar-refractivity contribution in [2.24, 2.45) is 0 Å². The summed E-state index contributed by atoms with van der Waals surface area (Å²) in [5, 5.41) is 15.5. The van der Waals surface area contributed by atoms with E-state index in [9.17, 15) is 32.3 Å². The molecule has 0 aliphatic carbocycles. The molecule has 12 heteroatoms. The summed E-state index contributed by atoms with van der Waals surface area (Å²) in [7, 11) is 0. The van der Waals surface area contributed by atoms with Gasteiger partial charge in [0.25, 0.3) is 0 Å². The Morgan fingerprint density at radius 3 is 2.29 bits per heavy atom. The Hall–Kier alpha value is -4.48. The molecule has 0 saturated heterocycles. The first-order valence-electron chi connectivity index (χ1n) is 11.6. The van der Waals surface area contributed by atoms with Gasteiger partial charge in [-0.1, -0.05) is 18.2 Å². The van der Waals surface area contributed by atoms with Gasteiger partial charge in [-0.15, -0.1) is 0 Å². The largest absolute Gasteiger partial charge is 0.416 e. The van der Waals surface area contributed by atoms with E-state index in [4.69, 9.17) is 5.41 Å². The molecule has 0 bridgehead atoms. The topological polar surface area (TPSA) is 144 Å². The zero-order valence-corrected chi connectivity index (χ0v) is 20.3. The van der Waals surface area contributed by atoms with Crippen molar-refractivity contribution >= 4 is 46.3 Å². The third-order valence-electron chi connectivity index (χ3n) is 5.75. The molecule has 0 saturated carbocycles. The van der Waals surface area contributed by atoms with Gasteiger partial charge >= 0.3 is 6.18 Å². The van der Waals surface area contributed by atoms with E-state index in [0.29, 0.717) is 6.21 Å². The fourth-order valence-corrected chi connectivity index (χ4v) is 3.85. The molecule has 2 atom stereocenters. The highest BCUT2D eigenvalue weighted by molar-refractivity contribution is 6.26. The number of H-pyrrole nitrogens is 1. The van der Waals surface area contributed by atoms with Crippen LogP contribution in [-0.2, 0) is 31.8 Å². The van der Waals surface area contributed by atoms with Gasteiger partial charge in [0.2, 0.25) is 17.7 Å². The number of nitrogens with one attached hydrogen (secondary N) is 5. The summed E-state index contributed by atoms with van der Waals surface area (Å²) in [6, 6.07) is 8.79. The van der Waals surface area contributed by atoms with Crippen LogP contribution in [0.4, 0.5) is 18.9 Å². The van der Waals surface area contributed by atoms with Crippen molar-refractivity contribution < 1.29 is 32.3 Å². The van der Waals surface area contributed by atoms with Crippen LogP contribution in [0.5, 0.6) is 0 Å². The number of aromatic amines is 1. The molecule has 200 valence electrons. The quantitative estimate of drug-likeness (QED) is 0.243. The molecular formula is C26H26F3N5O4. The Morgan fingerprint density at radius 2 is 1.66 bits per heavy atom. The second-order valence-corrected chi connectivity index (χ2v) is 8.59. The van der Waals surface area contributed by atoms with Crippen molar-refractivity contribution in [1.29, 1.82) is 5.41 Å². The van der Waals surface area contributed by atoms with Crippen LogP contribution in [-0.4, -0.2) is 46.8 Å². The number of para-hydroxylation sites is 1. The SMILES string of the molecule is CC(=O)N[C@@H](Cc1c[nH]c2ccccc12)C(=O)N[C@@H](CCC(=O)C=N)C(=O)Nc1ccc(C(F)(F)F)cc1. The summed E-state index contributed by atoms with van der Waals surface area (Å²) < 4.78 is 38.5. The van der Waals surface area contributed by atoms with Gasteiger partial charge in [-0.2, -0.15) is 13.2 Å². The zero-order chi connectivity index (χ0) is 27.9. The number of ketones is 1. The van der Waals surface area contributed by atoms with E-state index < -0.39 is 47.3 Å². The van der Waals surface area contributed by atoms with Crippen molar-refractivity contribution in [3.8, 4) is 0 Å². The van der Waals surface area contributed by atoms with Crippen LogP contribution >= 0.6 is 0 Å². The van der Waals surface area contributed by atoms with Crippen LogP contribution in [0.1, 0.15) is 30.9 Å². The molecule has 0 spiro atoms. The van der Waals surface area contributed by atoms with E-state index in [1.807, 2.05) is 24.3 Å². The standard InChI is InChI=1S/C26H26F3N5O4/c1-15(35)32-23(12-16-14-31-21-5-3-2-4-20(16)21)25(38)34-22(11-10-19(36)13-30)24(37)33-18-8-6-17(7-9-18)26(27,28)29/h2-9,13-14,22-23,30-31H,10-12H2,1H3,(H,32,35)(H,33,37)(H,34,38)/t22-,23-/m0/s1. The van der Waals surface area contributed by atoms with Gasteiger partial charge in [0.15, 0.2) is 5.78 Å². The number of rotatable bonds is 11. The molecule has 3 amide bonds. The Kier molecular flexibility index (Phi) is 9.00. The Morgan fingerprint density at radius 1 is 0.974 bits per heavy atom. The number of hydrogen-bond acceptors (Lipinski definition) is 5. The van der Waals surface area contributed by atoms with Crippen LogP contribution in [0.25, 0.3) is 10.9 Å². The predicted octanol–water partition coefficient (Wildman–Crippen LogP) is 3.36. The third kappa shape index (κ3) is 7.51. The molecule has 3 rings (SSSR count). The molecule has 2 aromatic carbocycles. The number of fused-ring (bicyclic) bond motifs is 1. The molecule has 0 aliphatic heterocycles. The molecule has 5 N–H and O–H groups in total. The normalized spacial score (nSPS) is 12.8. The monoisotopic (exact) mass is 529 g/mol. The second-order valence-electron chi connectivity index (χ2n) is 8.59. The molecule has 0 aliphatic rings. The highest BCUT2D eigenvalue weighted by atomic mass is 19.4. The molecule has 1 heterocycles. The number of halogens is 3. The second kappa shape index (κ2) is 12.2. The minimum Gasteiger partial charge on any atom is -0.361 e. The van der Waals surface area contributed by atoms with E-state index in [2.05, 4.69) is 20.9 Å². The van der Waals surface area contributed by atoms with E-state index in [-0.39, 0.29) is 24.9 Å². The summed E-state index contributed by atoms with van der Waals surface area (Å²) in [5.74, 6) is -2.52. The maximum atomic E-state index is 13.2. The van der Waals surface area contributed by atoms with E-state index >= 15 is 0 Å². The minimum atomic E-state index is -4.55. The lowest BCUT2D eigenvalue weighted by molar-refractivity contribution is -0.137. The van der Waals surface area contributed by atoms with Crippen molar-refractivity contribution in [1.82, 2.24) is 15.6 Å². The fraction of sp³-hybridized carbons (Fsp3) is 0.269. The Bertz CT molecular complexity index is 1330. The molecule has 0 radical (unpaired) electrons. The maximum absolute atomic E-state index is 13.2. The van der Waals surface area contributed by atoms with Gasteiger partial charge in [0, 0.05) is 42.6 Å². The van der Waals surface area contributed by atoms with Crippen LogP contribution in [0.2, 0.25) is 0 Å². The first-order valence-corrected chi connectivity index (χ1v) is 11.6.